The van der Waals surface area contributed by atoms with Crippen LogP contribution in [0.2, 0.25) is 0 Å². The van der Waals surface area contributed by atoms with Gasteiger partial charge >= 0.3 is 5.97 Å². The molecule has 1 N–H and O–H groups in total. The molecule has 2 aliphatic heterocycles. The van der Waals surface area contributed by atoms with Crippen molar-refractivity contribution in [2.45, 2.75) is 26.7 Å². The molecule has 0 aromatic heterocycles. The van der Waals surface area contributed by atoms with Crippen molar-refractivity contribution >= 4 is 11.8 Å². The van der Waals surface area contributed by atoms with E-state index in [1.807, 2.05) is 4.90 Å². The first-order chi connectivity index (χ1) is 11.5. The summed E-state index contributed by atoms with van der Waals surface area (Å²) in [4.78, 5) is 26.3. The predicted octanol–water partition coefficient (Wildman–Crippen LogP) is 2.39. The SMILES string of the molecule is CCOC(=O)[C@@H]1CCCN(/C=C2\Oc3c(ccc(O)c3C)C2=O)C1. The molecule has 0 aliphatic carbocycles. The average molecular weight is 331 g/mol. The highest BCUT2D eigenvalue weighted by Gasteiger charge is 2.32. The van der Waals surface area contributed by atoms with E-state index in [0.29, 0.717) is 30.0 Å². The molecule has 1 atom stereocenters. The first-order valence-corrected chi connectivity index (χ1v) is 8.19. The average Bonchev–Trinajstić information content (AvgIpc) is 2.88. The summed E-state index contributed by atoms with van der Waals surface area (Å²) in [7, 11) is 0. The Hall–Kier alpha value is -2.50. The molecule has 0 bridgehead atoms. The first-order valence-electron chi connectivity index (χ1n) is 8.19. The molecule has 2 heterocycles. The quantitative estimate of drug-likeness (QED) is 0.677. The molecule has 0 unspecified atom stereocenters. The Balaban J connectivity index is 1.76. The summed E-state index contributed by atoms with van der Waals surface area (Å²) in [5.74, 6) is 0.159. The number of hydrogen-bond donors (Lipinski definition) is 1. The fraction of sp³-hybridized carbons (Fsp3) is 0.444. The van der Waals surface area contributed by atoms with Gasteiger partial charge in [-0.25, -0.2) is 0 Å². The van der Waals surface area contributed by atoms with Crippen LogP contribution < -0.4 is 4.74 Å². The maximum Gasteiger partial charge on any atom is 0.310 e. The Kier molecular flexibility index (Phi) is 4.46. The van der Waals surface area contributed by atoms with Crippen molar-refractivity contribution in [3.05, 3.63) is 35.2 Å². The highest BCUT2D eigenvalue weighted by molar-refractivity contribution is 6.12. The Morgan fingerprint density at radius 3 is 3.04 bits per heavy atom. The van der Waals surface area contributed by atoms with Crippen molar-refractivity contribution in [2.24, 2.45) is 5.92 Å². The van der Waals surface area contributed by atoms with E-state index >= 15 is 0 Å². The zero-order valence-electron chi connectivity index (χ0n) is 13.9. The van der Waals surface area contributed by atoms with E-state index in [0.717, 1.165) is 19.4 Å². The summed E-state index contributed by atoms with van der Waals surface area (Å²) in [6.07, 6.45) is 3.32. The largest absolute Gasteiger partial charge is 0.508 e. The van der Waals surface area contributed by atoms with Gasteiger partial charge in [0.25, 0.3) is 0 Å². The molecular formula is C18H21NO5. The van der Waals surface area contributed by atoms with Crippen LogP contribution in [0.1, 0.15) is 35.7 Å². The summed E-state index contributed by atoms with van der Waals surface area (Å²) < 4.78 is 10.8. The third-order valence-electron chi connectivity index (χ3n) is 4.43. The van der Waals surface area contributed by atoms with Crippen molar-refractivity contribution in [1.29, 1.82) is 0 Å². The molecule has 1 aromatic carbocycles. The number of benzene rings is 1. The van der Waals surface area contributed by atoms with Crippen LogP contribution in [0.25, 0.3) is 0 Å². The molecular weight excluding hydrogens is 310 g/mol. The number of carbonyl (C=O) groups excluding carboxylic acids is 2. The van der Waals surface area contributed by atoms with Crippen LogP contribution in [0.4, 0.5) is 0 Å². The summed E-state index contributed by atoms with van der Waals surface area (Å²) in [6.45, 7) is 5.15. The standard InChI is InChI=1S/C18H21NO5/c1-3-23-18(22)12-5-4-8-19(9-12)10-15-16(21)13-6-7-14(20)11(2)17(13)24-15/h6-7,10,12,20H,3-5,8-9H2,1-2H3/b15-10-/t12-/m1/s1. The van der Waals surface area contributed by atoms with Crippen LogP contribution in [0.15, 0.2) is 24.1 Å². The van der Waals surface area contributed by atoms with Crippen molar-refractivity contribution in [3.8, 4) is 11.5 Å². The van der Waals surface area contributed by atoms with Crippen molar-refractivity contribution in [3.63, 3.8) is 0 Å². The summed E-state index contributed by atoms with van der Waals surface area (Å²) >= 11 is 0. The van der Waals surface area contributed by atoms with Crippen LogP contribution in [0.3, 0.4) is 0 Å². The lowest BCUT2D eigenvalue weighted by molar-refractivity contribution is -0.149. The zero-order valence-corrected chi connectivity index (χ0v) is 13.9. The zero-order chi connectivity index (χ0) is 17.3. The fourth-order valence-corrected chi connectivity index (χ4v) is 3.11. The molecule has 2 aliphatic rings. The normalized spacial score (nSPS) is 21.6. The monoisotopic (exact) mass is 331 g/mol. The number of rotatable bonds is 3. The lowest BCUT2D eigenvalue weighted by Crippen LogP contribution is -2.36. The number of phenols is 1. The van der Waals surface area contributed by atoms with Gasteiger partial charge < -0.3 is 19.5 Å². The first kappa shape index (κ1) is 16.4. The molecule has 6 nitrogen and oxygen atoms in total. The van der Waals surface area contributed by atoms with Crippen LogP contribution in [-0.2, 0) is 9.53 Å². The molecule has 3 rings (SSSR count). The number of aromatic hydroxyl groups is 1. The number of ether oxygens (including phenoxy) is 2. The summed E-state index contributed by atoms with van der Waals surface area (Å²) in [5, 5.41) is 9.75. The van der Waals surface area contributed by atoms with Gasteiger partial charge in [0.2, 0.25) is 5.78 Å². The lowest BCUT2D eigenvalue weighted by atomic mass is 9.98. The fourth-order valence-electron chi connectivity index (χ4n) is 3.11. The molecule has 1 fully saturated rings. The van der Waals surface area contributed by atoms with Gasteiger partial charge in [-0.05, 0) is 38.8 Å². The summed E-state index contributed by atoms with van der Waals surface area (Å²) in [6, 6.07) is 3.06. The summed E-state index contributed by atoms with van der Waals surface area (Å²) in [5.41, 5.74) is 1.00. The molecule has 0 radical (unpaired) electrons. The number of esters is 1. The maximum atomic E-state index is 12.5. The second-order valence-electron chi connectivity index (χ2n) is 6.10. The van der Waals surface area contributed by atoms with Gasteiger partial charge in [0.1, 0.15) is 11.5 Å². The molecule has 6 heteroatoms. The molecule has 1 aromatic rings. The Bertz CT molecular complexity index is 710. The minimum absolute atomic E-state index is 0.100. The number of ketones is 1. The second-order valence-corrected chi connectivity index (χ2v) is 6.10. The Morgan fingerprint density at radius 1 is 1.50 bits per heavy atom. The van der Waals surface area contributed by atoms with Crippen LogP contribution in [0, 0.1) is 12.8 Å². The number of hydrogen-bond acceptors (Lipinski definition) is 6. The Labute approximate surface area is 140 Å². The number of nitrogens with zero attached hydrogens (tertiary/aromatic N) is 1. The van der Waals surface area contributed by atoms with Gasteiger partial charge in [-0.2, -0.15) is 0 Å². The van der Waals surface area contributed by atoms with Crippen LogP contribution >= 0.6 is 0 Å². The number of Topliss-reactive ketones (excluding diaryl/α,β-unsaturated/α-hetero) is 1. The minimum Gasteiger partial charge on any atom is -0.508 e. The molecule has 0 spiro atoms. The van der Waals surface area contributed by atoms with E-state index in [9.17, 15) is 14.7 Å². The number of carbonyl (C=O) groups is 2. The van der Waals surface area contributed by atoms with Gasteiger partial charge in [-0.3, -0.25) is 9.59 Å². The van der Waals surface area contributed by atoms with Crippen LogP contribution in [-0.4, -0.2) is 41.5 Å². The van der Waals surface area contributed by atoms with E-state index in [1.165, 1.54) is 6.07 Å². The maximum absolute atomic E-state index is 12.5. The lowest BCUT2D eigenvalue weighted by Gasteiger charge is -2.30. The molecule has 0 amide bonds. The number of likely N-dealkylation sites (tertiary alicyclic amines) is 1. The number of allylic oxidation sites excluding steroid dienone is 1. The van der Waals surface area contributed by atoms with Gasteiger partial charge in [-0.1, -0.05) is 0 Å². The predicted molar refractivity (Wildman–Crippen MR) is 86.8 cm³/mol. The third kappa shape index (κ3) is 2.96. The van der Waals surface area contributed by atoms with Gasteiger partial charge in [0.15, 0.2) is 5.76 Å². The van der Waals surface area contributed by atoms with Crippen molar-refractivity contribution < 1.29 is 24.2 Å². The topological polar surface area (TPSA) is 76.1 Å². The Morgan fingerprint density at radius 2 is 2.29 bits per heavy atom. The van der Waals surface area contributed by atoms with Crippen LogP contribution in [0.5, 0.6) is 11.5 Å². The number of piperidine rings is 1. The molecule has 0 saturated carbocycles. The van der Waals surface area contributed by atoms with E-state index in [2.05, 4.69) is 0 Å². The smallest absolute Gasteiger partial charge is 0.310 e. The van der Waals surface area contributed by atoms with Gasteiger partial charge in [0.05, 0.1) is 18.1 Å². The molecule has 1 saturated heterocycles. The van der Waals surface area contributed by atoms with Crippen molar-refractivity contribution in [1.82, 2.24) is 4.90 Å². The molecule has 24 heavy (non-hydrogen) atoms. The van der Waals surface area contributed by atoms with E-state index in [1.54, 1.807) is 26.1 Å². The second kappa shape index (κ2) is 6.55. The van der Waals surface area contributed by atoms with Crippen molar-refractivity contribution in [2.75, 3.05) is 19.7 Å². The minimum atomic E-state index is -0.202. The van der Waals surface area contributed by atoms with Gasteiger partial charge in [-0.15, -0.1) is 0 Å². The van der Waals surface area contributed by atoms with E-state index in [4.69, 9.17) is 9.47 Å². The van der Waals surface area contributed by atoms with E-state index < -0.39 is 0 Å². The number of fused-ring (bicyclic) bond motifs is 1. The van der Waals surface area contributed by atoms with E-state index in [-0.39, 0.29) is 29.2 Å². The molecule has 128 valence electrons. The van der Waals surface area contributed by atoms with Gasteiger partial charge in [0, 0.05) is 24.9 Å². The highest BCUT2D eigenvalue weighted by atomic mass is 16.5. The highest BCUT2D eigenvalue weighted by Crippen LogP contribution is 2.38. The third-order valence-corrected chi connectivity index (χ3v) is 4.43. The number of phenolic OH excluding ortho intramolecular Hbond substituents is 1.